The van der Waals surface area contributed by atoms with Crippen LogP contribution in [-0.4, -0.2) is 12.3 Å². The van der Waals surface area contributed by atoms with E-state index in [4.69, 9.17) is 0 Å². The lowest BCUT2D eigenvalue weighted by Crippen LogP contribution is -2.10. The molecule has 58 heavy (non-hydrogen) atoms. The Morgan fingerprint density at radius 3 is 1.88 bits per heavy atom. The summed E-state index contributed by atoms with van der Waals surface area (Å²) in [5, 5.41) is 3.29. The number of benzene rings is 8. The molecule has 1 nitrogen and oxygen atoms in total. The summed E-state index contributed by atoms with van der Waals surface area (Å²) in [4.78, 5) is 3.79. The zero-order valence-corrected chi connectivity index (χ0v) is 33.4. The number of rotatable bonds is 7. The molecule has 0 radical (unpaired) electrons. The quantitative estimate of drug-likeness (QED) is 0.149. The normalized spacial score (nSPS) is 16.3. The lowest BCUT2D eigenvalue weighted by Gasteiger charge is -2.25. The van der Waals surface area contributed by atoms with Crippen LogP contribution in [0.3, 0.4) is 0 Å². The van der Waals surface area contributed by atoms with E-state index in [1.807, 2.05) is 0 Å². The van der Waals surface area contributed by atoms with Gasteiger partial charge in [0.2, 0.25) is 0 Å². The Balaban J connectivity index is 0.874. The summed E-state index contributed by atoms with van der Waals surface area (Å²) < 4.78 is 0. The van der Waals surface area contributed by atoms with E-state index in [0.717, 1.165) is 18.5 Å². The number of hydrogen-bond acceptors (Lipinski definition) is 2. The van der Waals surface area contributed by atoms with Gasteiger partial charge in [-0.1, -0.05) is 176 Å². The van der Waals surface area contributed by atoms with Crippen LogP contribution in [0.5, 0.6) is 0 Å². The Hall–Kier alpha value is -6.35. The molecular weight excluding hydrogens is 719 g/mol. The number of fused-ring (bicyclic) bond motifs is 5. The van der Waals surface area contributed by atoms with E-state index in [9.17, 15) is 0 Å². The van der Waals surface area contributed by atoms with Gasteiger partial charge in [0.1, 0.15) is 0 Å². The first kappa shape index (κ1) is 34.9. The molecule has 1 aliphatic heterocycles. The van der Waals surface area contributed by atoms with Crippen molar-refractivity contribution >= 4 is 40.0 Å². The summed E-state index contributed by atoms with van der Waals surface area (Å²) in [6.07, 6.45) is 12.8. The monoisotopic (exact) mass is 761 g/mol. The molecule has 278 valence electrons. The minimum absolute atomic E-state index is 0.571. The predicted octanol–water partition coefficient (Wildman–Crippen LogP) is 15.4. The van der Waals surface area contributed by atoms with Crippen LogP contribution in [0.15, 0.2) is 193 Å². The fraction of sp³-hybridized carbons (Fsp3) is 0.107. The molecule has 2 heteroatoms. The van der Waals surface area contributed by atoms with Gasteiger partial charge in [-0.2, -0.15) is 0 Å². The molecule has 0 spiro atoms. The zero-order valence-electron chi connectivity index (χ0n) is 32.6. The summed E-state index contributed by atoms with van der Waals surface area (Å²) in [6, 6.07) is 62.9. The van der Waals surface area contributed by atoms with Crippen molar-refractivity contribution in [3.8, 4) is 55.6 Å². The second kappa shape index (κ2) is 14.5. The molecule has 2 unspecified atom stereocenters. The largest absolute Gasteiger partial charge is 0.344 e. The van der Waals surface area contributed by atoms with Gasteiger partial charge in [0.15, 0.2) is 0 Å². The van der Waals surface area contributed by atoms with E-state index >= 15 is 0 Å². The molecule has 0 saturated carbocycles. The molecule has 8 aromatic carbocycles. The fourth-order valence-electron chi connectivity index (χ4n) is 9.70. The van der Waals surface area contributed by atoms with Gasteiger partial charge in [-0.25, -0.2) is 0 Å². The molecule has 0 N–H and O–H groups in total. The number of para-hydroxylation sites is 1. The SMILES string of the molecule is CN(c1ccc(-c2c3c(c(-c4ccccc4)c4ccccc24)CCC=C3)cc1)c1ccccc1-c1ccc(-c2ccc(-c3cccc4c3SC3CC=CC43)cc2)cc1. The van der Waals surface area contributed by atoms with Crippen molar-refractivity contribution in [3.05, 3.63) is 205 Å². The number of hydrogen-bond donors (Lipinski definition) is 0. The summed E-state index contributed by atoms with van der Waals surface area (Å²) in [5.41, 5.74) is 19.4. The van der Waals surface area contributed by atoms with Crippen LogP contribution in [0.25, 0.3) is 72.5 Å². The molecule has 0 fully saturated rings. The van der Waals surface area contributed by atoms with Gasteiger partial charge in [0, 0.05) is 40.0 Å². The van der Waals surface area contributed by atoms with Crippen molar-refractivity contribution in [1.29, 1.82) is 0 Å². The third-order valence-corrected chi connectivity index (χ3v) is 14.1. The number of anilines is 2. The lowest BCUT2D eigenvalue weighted by molar-refractivity contribution is 0.836. The topological polar surface area (TPSA) is 3.24 Å². The highest BCUT2D eigenvalue weighted by Crippen LogP contribution is 2.53. The highest BCUT2D eigenvalue weighted by atomic mass is 32.2. The average Bonchev–Trinajstić information content (AvgIpc) is 3.91. The van der Waals surface area contributed by atoms with Gasteiger partial charge in [-0.05, 0) is 115 Å². The van der Waals surface area contributed by atoms with Crippen molar-refractivity contribution in [2.75, 3.05) is 11.9 Å². The van der Waals surface area contributed by atoms with Gasteiger partial charge < -0.3 is 4.90 Å². The third-order valence-electron chi connectivity index (χ3n) is 12.6. The van der Waals surface area contributed by atoms with E-state index in [-0.39, 0.29) is 0 Å². The van der Waals surface area contributed by atoms with Crippen molar-refractivity contribution in [2.45, 2.75) is 35.3 Å². The summed E-state index contributed by atoms with van der Waals surface area (Å²) in [5.74, 6) is 0.571. The summed E-state index contributed by atoms with van der Waals surface area (Å²) >= 11 is 2.07. The van der Waals surface area contributed by atoms with Crippen LogP contribution in [0.4, 0.5) is 11.4 Å². The van der Waals surface area contributed by atoms with Crippen molar-refractivity contribution in [3.63, 3.8) is 0 Å². The second-order valence-electron chi connectivity index (χ2n) is 15.8. The third kappa shape index (κ3) is 5.94. The Bertz CT molecular complexity index is 2880. The molecule has 0 saturated heterocycles. The first-order valence-electron chi connectivity index (χ1n) is 20.6. The fourth-order valence-corrected chi connectivity index (χ4v) is 11.2. The maximum atomic E-state index is 2.41. The van der Waals surface area contributed by atoms with Crippen LogP contribution in [0.2, 0.25) is 0 Å². The second-order valence-corrected chi connectivity index (χ2v) is 17.1. The molecule has 0 bridgehead atoms. The Morgan fingerprint density at radius 1 is 0.517 bits per heavy atom. The Kier molecular flexibility index (Phi) is 8.74. The summed E-state index contributed by atoms with van der Waals surface area (Å²) in [7, 11) is 2.18. The van der Waals surface area contributed by atoms with Crippen LogP contribution < -0.4 is 4.90 Å². The van der Waals surface area contributed by atoms with Gasteiger partial charge >= 0.3 is 0 Å². The van der Waals surface area contributed by atoms with Crippen molar-refractivity contribution in [2.24, 2.45) is 0 Å². The van der Waals surface area contributed by atoms with Crippen molar-refractivity contribution in [1.82, 2.24) is 0 Å². The molecular formula is C56H43NS. The predicted molar refractivity (Wildman–Crippen MR) is 249 cm³/mol. The smallest absolute Gasteiger partial charge is 0.0487 e. The van der Waals surface area contributed by atoms with Gasteiger partial charge in [-0.15, -0.1) is 11.8 Å². The highest BCUT2D eigenvalue weighted by molar-refractivity contribution is 8.00. The minimum Gasteiger partial charge on any atom is -0.344 e. The standard InChI is InChI=1S/C56H43NS/c1-57(43-35-33-42(34-36-43)55-49-18-7-5-16-47(49)54(41-13-3-2-4-14-41)48-17-6-8-19-50(48)55)52-23-10-9-15-44(52)39-29-25-37(26-30-39)38-27-31-40(32-28-38)45-20-11-22-51-46-21-12-24-53(46)58-56(45)51/h2-5,7-16,18-23,25-36,46,53H,6,17,24H2,1H3. The first-order chi connectivity index (χ1) is 28.7. The zero-order chi connectivity index (χ0) is 38.6. The molecule has 1 heterocycles. The van der Waals surface area contributed by atoms with Crippen LogP contribution >= 0.6 is 11.8 Å². The van der Waals surface area contributed by atoms with Gasteiger partial charge in [0.25, 0.3) is 0 Å². The summed E-state index contributed by atoms with van der Waals surface area (Å²) in [6.45, 7) is 0. The maximum Gasteiger partial charge on any atom is 0.0487 e. The minimum atomic E-state index is 0.571. The lowest BCUT2D eigenvalue weighted by atomic mass is 9.80. The van der Waals surface area contributed by atoms with E-state index in [1.54, 1.807) is 0 Å². The molecule has 2 aliphatic carbocycles. The maximum absolute atomic E-state index is 2.41. The van der Waals surface area contributed by atoms with Crippen LogP contribution in [0.1, 0.15) is 35.4 Å². The average molecular weight is 762 g/mol. The number of thioether (sulfide) groups is 1. The molecule has 11 rings (SSSR count). The molecule has 8 aromatic rings. The van der Waals surface area contributed by atoms with Crippen LogP contribution in [-0.2, 0) is 6.42 Å². The van der Waals surface area contributed by atoms with Gasteiger partial charge in [0.05, 0.1) is 0 Å². The molecule has 0 amide bonds. The van der Waals surface area contributed by atoms with E-state index in [1.165, 1.54) is 100 Å². The Morgan fingerprint density at radius 2 is 1.12 bits per heavy atom. The molecule has 2 atom stereocenters. The highest BCUT2D eigenvalue weighted by Gasteiger charge is 2.35. The van der Waals surface area contributed by atoms with E-state index in [0.29, 0.717) is 11.2 Å². The molecule has 0 aromatic heterocycles. The first-order valence-corrected chi connectivity index (χ1v) is 21.5. The van der Waals surface area contributed by atoms with E-state index < -0.39 is 0 Å². The molecule has 3 aliphatic rings. The number of nitrogens with zero attached hydrogens (tertiary/aromatic N) is 1. The van der Waals surface area contributed by atoms with Crippen molar-refractivity contribution < 1.29 is 0 Å². The number of allylic oxidation sites excluding steroid dienone is 3. The van der Waals surface area contributed by atoms with Crippen LogP contribution in [0, 0.1) is 0 Å². The van der Waals surface area contributed by atoms with E-state index in [2.05, 4.69) is 218 Å². The van der Waals surface area contributed by atoms with Gasteiger partial charge in [-0.3, -0.25) is 0 Å². The Labute approximate surface area is 346 Å².